The number of para-hydroxylation sites is 1. The van der Waals surface area contributed by atoms with E-state index in [1.807, 2.05) is 0 Å². The Bertz CT molecular complexity index is 696. The lowest BCUT2D eigenvalue weighted by molar-refractivity contribution is -0.386. The van der Waals surface area contributed by atoms with Crippen molar-refractivity contribution in [2.75, 3.05) is 11.6 Å². The van der Waals surface area contributed by atoms with Crippen LogP contribution in [0.1, 0.15) is 12.8 Å². The normalized spacial score (nSPS) is 17.3. The van der Waals surface area contributed by atoms with Gasteiger partial charge in [-0.2, -0.15) is 13.2 Å². The molecule has 0 radical (unpaired) electrons. The van der Waals surface area contributed by atoms with Gasteiger partial charge < -0.3 is 5.32 Å². The zero-order chi connectivity index (χ0) is 16.1. The molecule has 0 amide bonds. The van der Waals surface area contributed by atoms with Crippen molar-refractivity contribution in [3.63, 3.8) is 0 Å². The first-order chi connectivity index (χ1) is 9.48. The monoisotopic (exact) mass is 324 g/mol. The van der Waals surface area contributed by atoms with Crippen LogP contribution in [0, 0.1) is 10.1 Å². The third-order valence-electron chi connectivity index (χ3n) is 3.25. The zero-order valence-corrected chi connectivity index (χ0v) is 11.6. The van der Waals surface area contributed by atoms with Crippen molar-refractivity contribution >= 4 is 21.2 Å². The maximum atomic E-state index is 12.9. The number of nitrogens with one attached hydrogen (secondary N) is 1. The summed E-state index contributed by atoms with van der Waals surface area (Å²) in [6.45, 7) is 0. The minimum absolute atomic E-state index is 0.212. The van der Waals surface area contributed by atoms with Gasteiger partial charge in [0.05, 0.1) is 4.92 Å². The number of nitro benzene ring substituents is 1. The Morgan fingerprint density at radius 1 is 1.33 bits per heavy atom. The molecule has 10 heteroatoms. The number of halogens is 3. The number of sulfone groups is 1. The summed E-state index contributed by atoms with van der Waals surface area (Å²) in [5, 5.41) is 13.2. The molecule has 0 saturated heterocycles. The maximum Gasteiger partial charge on any atom is 0.411 e. The summed E-state index contributed by atoms with van der Waals surface area (Å²) in [4.78, 5) is 9.45. The van der Waals surface area contributed by atoms with E-state index < -0.39 is 42.7 Å². The molecule has 0 aliphatic heterocycles. The zero-order valence-electron chi connectivity index (χ0n) is 10.8. The number of nitrogens with zero attached hydrogens (tertiary/aromatic N) is 1. The van der Waals surface area contributed by atoms with Crippen LogP contribution in [0.25, 0.3) is 0 Å². The third-order valence-corrected chi connectivity index (χ3v) is 4.38. The first-order valence-corrected chi connectivity index (χ1v) is 7.69. The number of anilines is 1. The lowest BCUT2D eigenvalue weighted by Gasteiger charge is -2.22. The second kappa shape index (κ2) is 4.58. The van der Waals surface area contributed by atoms with Crippen molar-refractivity contribution < 1.29 is 26.5 Å². The SMILES string of the molecule is CS(=O)(=O)c1cccc(NC2(C(F)(F)F)CC2)c1[N+](=O)[O-]. The van der Waals surface area contributed by atoms with Crippen molar-refractivity contribution in [3.8, 4) is 0 Å². The average molecular weight is 324 g/mol. The molecular weight excluding hydrogens is 313 g/mol. The van der Waals surface area contributed by atoms with Crippen molar-refractivity contribution in [1.29, 1.82) is 0 Å². The van der Waals surface area contributed by atoms with Crippen LogP contribution >= 0.6 is 0 Å². The molecule has 0 spiro atoms. The Morgan fingerprint density at radius 2 is 1.90 bits per heavy atom. The number of benzene rings is 1. The van der Waals surface area contributed by atoms with Gasteiger partial charge in [-0.1, -0.05) is 6.07 Å². The van der Waals surface area contributed by atoms with Crippen molar-refractivity contribution in [2.24, 2.45) is 0 Å². The molecule has 2 rings (SSSR count). The van der Waals surface area contributed by atoms with E-state index in [4.69, 9.17) is 0 Å². The van der Waals surface area contributed by atoms with Crippen LogP contribution in [-0.2, 0) is 9.84 Å². The van der Waals surface area contributed by atoms with E-state index in [0.717, 1.165) is 24.5 Å². The first-order valence-electron chi connectivity index (χ1n) is 5.80. The summed E-state index contributed by atoms with van der Waals surface area (Å²) >= 11 is 0. The molecule has 21 heavy (non-hydrogen) atoms. The van der Waals surface area contributed by atoms with Crippen LogP contribution in [0.2, 0.25) is 0 Å². The van der Waals surface area contributed by atoms with Gasteiger partial charge in [0.1, 0.15) is 16.1 Å². The van der Waals surface area contributed by atoms with E-state index in [1.54, 1.807) is 0 Å². The van der Waals surface area contributed by atoms with Gasteiger partial charge in [-0.25, -0.2) is 8.42 Å². The molecule has 1 aliphatic rings. The molecular formula is C11H11F3N2O4S. The van der Waals surface area contributed by atoms with Crippen LogP contribution in [0.3, 0.4) is 0 Å². The van der Waals surface area contributed by atoms with E-state index in [9.17, 15) is 31.7 Å². The van der Waals surface area contributed by atoms with Gasteiger partial charge in [0.15, 0.2) is 9.84 Å². The second-order valence-corrected chi connectivity index (χ2v) is 6.87. The first kappa shape index (κ1) is 15.5. The molecule has 0 unspecified atom stereocenters. The minimum atomic E-state index is -4.57. The van der Waals surface area contributed by atoms with Gasteiger partial charge in [-0.05, 0) is 25.0 Å². The Kier molecular flexibility index (Phi) is 3.39. The predicted octanol–water partition coefficient (Wildman–Crippen LogP) is 2.51. The standard InChI is InChI=1S/C11H11F3N2O4S/c1-21(19,20)8-4-2-3-7(9(8)16(17)18)15-10(5-6-10)11(12,13)14/h2-4,15H,5-6H2,1H3. The highest BCUT2D eigenvalue weighted by Gasteiger charge is 2.64. The highest BCUT2D eigenvalue weighted by molar-refractivity contribution is 7.90. The van der Waals surface area contributed by atoms with Crippen LogP contribution in [0.4, 0.5) is 24.5 Å². The second-order valence-electron chi connectivity index (χ2n) is 4.89. The van der Waals surface area contributed by atoms with E-state index in [2.05, 4.69) is 5.32 Å². The lowest BCUT2D eigenvalue weighted by atomic mass is 10.2. The molecule has 0 aromatic heterocycles. The Balaban J connectivity index is 2.54. The van der Waals surface area contributed by atoms with Crippen LogP contribution in [0.15, 0.2) is 23.1 Å². The maximum absolute atomic E-state index is 12.9. The lowest BCUT2D eigenvalue weighted by Crippen LogP contribution is -2.38. The topological polar surface area (TPSA) is 89.3 Å². The van der Waals surface area contributed by atoms with Gasteiger partial charge in [0, 0.05) is 6.26 Å². The Labute approximate surface area is 118 Å². The fraction of sp³-hybridized carbons (Fsp3) is 0.455. The van der Waals surface area contributed by atoms with Crippen LogP contribution in [-0.4, -0.2) is 31.3 Å². The Morgan fingerprint density at radius 3 is 2.29 bits per heavy atom. The summed E-state index contributed by atoms with van der Waals surface area (Å²) in [5.41, 5.74) is -3.53. The molecule has 1 fully saturated rings. The number of nitro groups is 1. The molecule has 6 nitrogen and oxygen atoms in total. The molecule has 1 aromatic rings. The number of rotatable bonds is 4. The van der Waals surface area contributed by atoms with E-state index in [-0.39, 0.29) is 12.8 Å². The van der Waals surface area contributed by atoms with Crippen molar-refractivity contribution in [1.82, 2.24) is 0 Å². The molecule has 0 heterocycles. The van der Waals surface area contributed by atoms with E-state index in [0.29, 0.717) is 0 Å². The van der Waals surface area contributed by atoms with Crippen LogP contribution < -0.4 is 5.32 Å². The molecule has 116 valence electrons. The summed E-state index contributed by atoms with van der Waals surface area (Å²) in [5.74, 6) is 0. The average Bonchev–Trinajstić information content (AvgIpc) is 3.07. The smallest absolute Gasteiger partial charge is 0.366 e. The van der Waals surface area contributed by atoms with Gasteiger partial charge in [-0.3, -0.25) is 10.1 Å². The van der Waals surface area contributed by atoms with Crippen molar-refractivity contribution in [2.45, 2.75) is 29.5 Å². The highest BCUT2D eigenvalue weighted by atomic mass is 32.2. The fourth-order valence-electron chi connectivity index (χ4n) is 1.97. The fourth-order valence-corrected chi connectivity index (χ4v) is 2.83. The summed E-state index contributed by atoms with van der Waals surface area (Å²) in [6, 6.07) is 3.22. The highest BCUT2D eigenvalue weighted by Crippen LogP contribution is 2.52. The molecule has 0 bridgehead atoms. The summed E-state index contributed by atoms with van der Waals surface area (Å²) in [7, 11) is -3.93. The van der Waals surface area contributed by atoms with Gasteiger partial charge in [-0.15, -0.1) is 0 Å². The summed E-state index contributed by atoms with van der Waals surface area (Å²) in [6.07, 6.45) is -4.23. The third kappa shape index (κ3) is 2.80. The molecule has 0 atom stereocenters. The molecule has 1 aromatic carbocycles. The van der Waals surface area contributed by atoms with Gasteiger partial charge in [0.2, 0.25) is 0 Å². The predicted molar refractivity (Wildman–Crippen MR) is 67.8 cm³/mol. The Hall–Kier alpha value is -1.84. The summed E-state index contributed by atoms with van der Waals surface area (Å²) < 4.78 is 61.8. The largest absolute Gasteiger partial charge is 0.411 e. The minimum Gasteiger partial charge on any atom is -0.366 e. The molecule has 1 saturated carbocycles. The number of hydrogen-bond donors (Lipinski definition) is 1. The quantitative estimate of drug-likeness (QED) is 0.679. The molecule has 1 aliphatic carbocycles. The van der Waals surface area contributed by atoms with Gasteiger partial charge >= 0.3 is 11.9 Å². The molecule has 1 N–H and O–H groups in total. The van der Waals surface area contributed by atoms with E-state index in [1.165, 1.54) is 0 Å². The van der Waals surface area contributed by atoms with E-state index >= 15 is 0 Å². The van der Waals surface area contributed by atoms with Crippen LogP contribution in [0.5, 0.6) is 0 Å². The van der Waals surface area contributed by atoms with Crippen molar-refractivity contribution in [3.05, 3.63) is 28.3 Å². The number of hydrogen-bond acceptors (Lipinski definition) is 5. The number of alkyl halides is 3. The van der Waals surface area contributed by atoms with Gasteiger partial charge in [0.25, 0.3) is 0 Å².